The number of hydrogen-bond acceptors (Lipinski definition) is 5. The van der Waals surface area contributed by atoms with Crippen molar-refractivity contribution in [3.63, 3.8) is 0 Å². The van der Waals surface area contributed by atoms with E-state index >= 15 is 0 Å². The van der Waals surface area contributed by atoms with Crippen molar-refractivity contribution in [3.8, 4) is 0 Å². The standard InChI is InChI=1S/C15H21N5O3S/c1-18(2)15(21)11-10-17-20-13(7-8-16-14(11)20)12-6-4-5-9-19(12)24(3,22)23/h7-8,10,12H,4-6,9H2,1-3H3. The molecule has 8 nitrogen and oxygen atoms in total. The maximum atomic E-state index is 12.3. The van der Waals surface area contributed by atoms with Gasteiger partial charge in [0.25, 0.3) is 5.91 Å². The molecule has 1 atom stereocenters. The number of nitrogens with zero attached hydrogens (tertiary/aromatic N) is 5. The molecule has 0 saturated carbocycles. The predicted octanol–water partition coefficient (Wildman–Crippen LogP) is 0.918. The van der Waals surface area contributed by atoms with Crippen molar-refractivity contribution in [2.75, 3.05) is 26.9 Å². The smallest absolute Gasteiger partial charge is 0.258 e. The van der Waals surface area contributed by atoms with Crippen LogP contribution in [-0.4, -0.2) is 65.0 Å². The molecular formula is C15H21N5O3S. The molecule has 1 amide bonds. The highest BCUT2D eigenvalue weighted by Crippen LogP contribution is 2.32. The van der Waals surface area contributed by atoms with E-state index in [0.29, 0.717) is 17.8 Å². The molecule has 1 fully saturated rings. The van der Waals surface area contributed by atoms with Gasteiger partial charge in [-0.05, 0) is 18.9 Å². The first kappa shape index (κ1) is 16.8. The van der Waals surface area contributed by atoms with E-state index in [1.807, 2.05) is 0 Å². The Hall–Kier alpha value is -2.00. The molecule has 3 rings (SSSR count). The zero-order valence-corrected chi connectivity index (χ0v) is 14.8. The van der Waals surface area contributed by atoms with Gasteiger partial charge in [0.15, 0.2) is 5.65 Å². The number of aromatic nitrogens is 3. The Kier molecular flexibility index (Phi) is 4.31. The maximum Gasteiger partial charge on any atom is 0.258 e. The Morgan fingerprint density at radius 1 is 1.33 bits per heavy atom. The fraction of sp³-hybridized carbons (Fsp3) is 0.533. The van der Waals surface area contributed by atoms with E-state index < -0.39 is 10.0 Å². The summed E-state index contributed by atoms with van der Waals surface area (Å²) in [4.78, 5) is 18.0. The molecule has 1 unspecified atom stereocenters. The predicted molar refractivity (Wildman–Crippen MR) is 89.1 cm³/mol. The van der Waals surface area contributed by atoms with E-state index in [1.165, 1.54) is 21.7 Å². The third-order valence-electron chi connectivity index (χ3n) is 4.29. The van der Waals surface area contributed by atoms with E-state index in [0.717, 1.165) is 25.0 Å². The zero-order chi connectivity index (χ0) is 17.5. The van der Waals surface area contributed by atoms with Gasteiger partial charge < -0.3 is 4.90 Å². The molecule has 1 aliphatic rings. The van der Waals surface area contributed by atoms with Crippen molar-refractivity contribution in [2.45, 2.75) is 25.3 Å². The van der Waals surface area contributed by atoms with E-state index in [9.17, 15) is 13.2 Å². The highest BCUT2D eigenvalue weighted by Gasteiger charge is 2.32. The second-order valence-electron chi connectivity index (χ2n) is 6.25. The van der Waals surface area contributed by atoms with Crippen LogP contribution in [0.3, 0.4) is 0 Å². The van der Waals surface area contributed by atoms with Crippen LogP contribution in [-0.2, 0) is 10.0 Å². The molecule has 2 aromatic rings. The maximum absolute atomic E-state index is 12.3. The molecule has 1 saturated heterocycles. The Morgan fingerprint density at radius 3 is 2.75 bits per heavy atom. The lowest BCUT2D eigenvalue weighted by molar-refractivity contribution is 0.0829. The first-order valence-corrected chi connectivity index (χ1v) is 9.66. The van der Waals surface area contributed by atoms with Gasteiger partial charge in [0.1, 0.15) is 5.56 Å². The molecule has 1 aliphatic heterocycles. The molecular weight excluding hydrogens is 330 g/mol. The van der Waals surface area contributed by atoms with Gasteiger partial charge in [0, 0.05) is 26.8 Å². The van der Waals surface area contributed by atoms with Gasteiger partial charge in [-0.15, -0.1) is 0 Å². The van der Waals surface area contributed by atoms with Crippen molar-refractivity contribution < 1.29 is 13.2 Å². The number of carbonyl (C=O) groups excluding carboxylic acids is 1. The zero-order valence-electron chi connectivity index (χ0n) is 14.0. The number of hydrogen-bond donors (Lipinski definition) is 0. The quantitative estimate of drug-likeness (QED) is 0.820. The molecule has 2 aromatic heterocycles. The van der Waals surface area contributed by atoms with Crippen LogP contribution >= 0.6 is 0 Å². The molecule has 0 radical (unpaired) electrons. The third kappa shape index (κ3) is 2.89. The Balaban J connectivity index is 2.11. The number of fused-ring (bicyclic) bond motifs is 1. The van der Waals surface area contributed by atoms with Gasteiger partial charge in [-0.1, -0.05) is 6.42 Å². The van der Waals surface area contributed by atoms with Gasteiger partial charge in [0.2, 0.25) is 10.0 Å². The van der Waals surface area contributed by atoms with Gasteiger partial charge in [-0.2, -0.15) is 9.40 Å². The first-order valence-electron chi connectivity index (χ1n) is 7.82. The molecule has 24 heavy (non-hydrogen) atoms. The summed E-state index contributed by atoms with van der Waals surface area (Å²) >= 11 is 0. The molecule has 0 aromatic carbocycles. The van der Waals surface area contributed by atoms with Crippen molar-refractivity contribution in [1.82, 2.24) is 23.8 Å². The molecule has 130 valence electrons. The van der Waals surface area contributed by atoms with Crippen LogP contribution in [0, 0.1) is 0 Å². The molecule has 0 spiro atoms. The van der Waals surface area contributed by atoms with Crippen LogP contribution in [0.1, 0.15) is 41.4 Å². The minimum atomic E-state index is -3.32. The monoisotopic (exact) mass is 351 g/mol. The molecule has 0 bridgehead atoms. The molecule has 3 heterocycles. The van der Waals surface area contributed by atoms with Crippen LogP contribution in [0.5, 0.6) is 0 Å². The minimum Gasteiger partial charge on any atom is -0.345 e. The highest BCUT2D eigenvalue weighted by atomic mass is 32.2. The summed E-state index contributed by atoms with van der Waals surface area (Å²) in [6, 6.07) is 1.49. The summed E-state index contributed by atoms with van der Waals surface area (Å²) in [7, 11) is 0.0196. The van der Waals surface area contributed by atoms with Crippen molar-refractivity contribution >= 4 is 21.6 Å². The summed E-state index contributed by atoms with van der Waals surface area (Å²) < 4.78 is 27.4. The van der Waals surface area contributed by atoms with Crippen LogP contribution in [0.15, 0.2) is 18.5 Å². The normalized spacial score (nSPS) is 19.5. The summed E-state index contributed by atoms with van der Waals surface area (Å²) in [5.41, 5.74) is 1.59. The van der Waals surface area contributed by atoms with E-state index in [-0.39, 0.29) is 11.9 Å². The van der Waals surface area contributed by atoms with Crippen molar-refractivity contribution in [1.29, 1.82) is 0 Å². The Morgan fingerprint density at radius 2 is 2.08 bits per heavy atom. The Bertz CT molecular complexity index is 874. The minimum absolute atomic E-state index is 0.182. The van der Waals surface area contributed by atoms with E-state index in [4.69, 9.17) is 0 Å². The van der Waals surface area contributed by atoms with Crippen LogP contribution < -0.4 is 0 Å². The van der Waals surface area contributed by atoms with E-state index in [2.05, 4.69) is 10.1 Å². The van der Waals surface area contributed by atoms with Crippen LogP contribution in [0.2, 0.25) is 0 Å². The van der Waals surface area contributed by atoms with Gasteiger partial charge in [-0.25, -0.2) is 17.9 Å². The summed E-state index contributed by atoms with van der Waals surface area (Å²) in [5, 5.41) is 4.30. The SMILES string of the molecule is CN(C)C(=O)c1cnn2c(C3CCCCN3S(C)(=O)=O)ccnc12. The number of amides is 1. The largest absolute Gasteiger partial charge is 0.345 e. The molecule has 9 heteroatoms. The lowest BCUT2D eigenvalue weighted by atomic mass is 10.0. The summed E-state index contributed by atoms with van der Waals surface area (Å²) in [6.07, 6.45) is 6.85. The van der Waals surface area contributed by atoms with E-state index in [1.54, 1.807) is 30.9 Å². The van der Waals surface area contributed by atoms with Gasteiger partial charge >= 0.3 is 0 Å². The van der Waals surface area contributed by atoms with Crippen molar-refractivity contribution in [3.05, 3.63) is 29.7 Å². The van der Waals surface area contributed by atoms with Crippen LogP contribution in [0.4, 0.5) is 0 Å². The second kappa shape index (κ2) is 6.14. The fourth-order valence-corrected chi connectivity index (χ4v) is 4.29. The second-order valence-corrected chi connectivity index (χ2v) is 8.18. The summed E-state index contributed by atoms with van der Waals surface area (Å²) in [5.74, 6) is -0.182. The first-order chi connectivity index (χ1) is 11.3. The lowest BCUT2D eigenvalue weighted by Gasteiger charge is -2.33. The number of piperidine rings is 1. The highest BCUT2D eigenvalue weighted by molar-refractivity contribution is 7.88. The number of carbonyl (C=O) groups is 1. The third-order valence-corrected chi connectivity index (χ3v) is 5.58. The lowest BCUT2D eigenvalue weighted by Crippen LogP contribution is -2.38. The molecule has 0 N–H and O–H groups in total. The fourth-order valence-electron chi connectivity index (χ4n) is 3.15. The van der Waals surface area contributed by atoms with Gasteiger partial charge in [-0.3, -0.25) is 4.79 Å². The molecule has 0 aliphatic carbocycles. The van der Waals surface area contributed by atoms with Crippen molar-refractivity contribution in [2.24, 2.45) is 0 Å². The Labute approximate surface area is 141 Å². The average Bonchev–Trinajstić information content (AvgIpc) is 2.97. The van der Waals surface area contributed by atoms with Crippen LogP contribution in [0.25, 0.3) is 5.65 Å². The topological polar surface area (TPSA) is 87.9 Å². The van der Waals surface area contributed by atoms with Gasteiger partial charge in [0.05, 0.1) is 24.2 Å². The number of sulfonamides is 1. The summed E-state index contributed by atoms with van der Waals surface area (Å²) in [6.45, 7) is 0.498. The average molecular weight is 351 g/mol. The number of rotatable bonds is 3.